The van der Waals surface area contributed by atoms with Crippen molar-refractivity contribution in [3.05, 3.63) is 35.5 Å². The lowest BCUT2D eigenvalue weighted by Gasteiger charge is -2.05. The fourth-order valence-corrected chi connectivity index (χ4v) is 1.54. The molecule has 0 saturated heterocycles. The number of hydrogen-bond acceptors (Lipinski definition) is 5. The van der Waals surface area contributed by atoms with Crippen molar-refractivity contribution in [2.45, 2.75) is 20.4 Å². The van der Waals surface area contributed by atoms with Crippen molar-refractivity contribution < 1.29 is 4.79 Å². The van der Waals surface area contributed by atoms with Crippen molar-refractivity contribution in [1.82, 2.24) is 25.5 Å². The molecule has 0 aliphatic carbocycles. The lowest BCUT2D eigenvalue weighted by molar-refractivity contribution is 0.0945. The van der Waals surface area contributed by atoms with Gasteiger partial charge < -0.3 is 10.6 Å². The van der Waals surface area contributed by atoms with Gasteiger partial charge in [0.2, 0.25) is 0 Å². The van der Waals surface area contributed by atoms with Gasteiger partial charge in [-0.05, 0) is 13.8 Å². The minimum atomic E-state index is -0.254. The molecule has 100 valence electrons. The van der Waals surface area contributed by atoms with E-state index in [0.29, 0.717) is 18.1 Å². The summed E-state index contributed by atoms with van der Waals surface area (Å²) in [6, 6.07) is 0. The van der Waals surface area contributed by atoms with Gasteiger partial charge in [-0.15, -0.1) is 0 Å². The Bertz CT molecular complexity index is 548. The van der Waals surface area contributed by atoms with Gasteiger partial charge in [-0.3, -0.25) is 9.89 Å². The van der Waals surface area contributed by atoms with Crippen molar-refractivity contribution in [3.8, 4) is 0 Å². The van der Waals surface area contributed by atoms with Gasteiger partial charge in [0.15, 0.2) is 0 Å². The topological polar surface area (TPSA) is 95.6 Å². The summed E-state index contributed by atoms with van der Waals surface area (Å²) in [5, 5.41) is 12.5. The van der Waals surface area contributed by atoms with Gasteiger partial charge in [-0.2, -0.15) is 5.10 Å². The first-order valence-corrected chi connectivity index (χ1v) is 6.03. The van der Waals surface area contributed by atoms with Gasteiger partial charge in [0, 0.05) is 24.3 Å². The summed E-state index contributed by atoms with van der Waals surface area (Å²) in [6.45, 7) is 5.05. The van der Waals surface area contributed by atoms with E-state index in [4.69, 9.17) is 0 Å². The number of nitrogens with one attached hydrogen (secondary N) is 3. The predicted molar refractivity (Wildman–Crippen MR) is 70.7 cm³/mol. The van der Waals surface area contributed by atoms with Gasteiger partial charge in [-0.1, -0.05) is 0 Å². The maximum Gasteiger partial charge on any atom is 0.271 e. The van der Waals surface area contributed by atoms with E-state index >= 15 is 0 Å². The Kier molecular flexibility index (Phi) is 4.07. The van der Waals surface area contributed by atoms with E-state index in [-0.39, 0.29) is 5.91 Å². The molecule has 19 heavy (non-hydrogen) atoms. The van der Waals surface area contributed by atoms with Crippen LogP contribution in [0, 0.1) is 6.92 Å². The number of carbonyl (C=O) groups is 1. The monoisotopic (exact) mass is 260 g/mol. The van der Waals surface area contributed by atoms with Crippen molar-refractivity contribution in [2.75, 3.05) is 11.9 Å². The lowest BCUT2D eigenvalue weighted by atomic mass is 10.2. The molecular weight excluding hydrogens is 244 g/mol. The Morgan fingerprint density at radius 2 is 2.16 bits per heavy atom. The van der Waals surface area contributed by atoms with E-state index in [1.807, 2.05) is 13.8 Å². The highest BCUT2D eigenvalue weighted by Gasteiger charge is 2.08. The van der Waals surface area contributed by atoms with Crippen LogP contribution < -0.4 is 10.6 Å². The SMILES string of the molecule is CCNc1cnc(C(=O)NCc2cn[nH]c2C)cn1. The lowest BCUT2D eigenvalue weighted by Crippen LogP contribution is -2.24. The van der Waals surface area contributed by atoms with Crippen LogP contribution in [0.2, 0.25) is 0 Å². The number of nitrogens with zero attached hydrogens (tertiary/aromatic N) is 3. The number of H-pyrrole nitrogens is 1. The van der Waals surface area contributed by atoms with Crippen molar-refractivity contribution in [2.24, 2.45) is 0 Å². The average Bonchev–Trinajstić information content (AvgIpc) is 2.83. The van der Waals surface area contributed by atoms with Gasteiger partial charge in [0.1, 0.15) is 11.5 Å². The van der Waals surface area contributed by atoms with Crippen LogP contribution in [-0.4, -0.2) is 32.6 Å². The van der Waals surface area contributed by atoms with Crippen molar-refractivity contribution in [1.29, 1.82) is 0 Å². The Morgan fingerprint density at radius 3 is 2.74 bits per heavy atom. The first-order chi connectivity index (χ1) is 9.20. The van der Waals surface area contributed by atoms with Crippen LogP contribution in [0.3, 0.4) is 0 Å². The molecule has 3 N–H and O–H groups in total. The first-order valence-electron chi connectivity index (χ1n) is 6.03. The van der Waals surface area contributed by atoms with Crippen LogP contribution in [0.15, 0.2) is 18.6 Å². The number of rotatable bonds is 5. The van der Waals surface area contributed by atoms with E-state index < -0.39 is 0 Å². The van der Waals surface area contributed by atoms with E-state index in [1.54, 1.807) is 12.4 Å². The third-order valence-electron chi connectivity index (χ3n) is 2.62. The molecule has 2 aromatic heterocycles. The summed E-state index contributed by atoms with van der Waals surface area (Å²) in [6.07, 6.45) is 4.69. The number of hydrogen-bond donors (Lipinski definition) is 3. The van der Waals surface area contributed by atoms with Crippen LogP contribution in [0.1, 0.15) is 28.7 Å². The minimum Gasteiger partial charge on any atom is -0.369 e. The molecule has 0 atom stereocenters. The average molecular weight is 260 g/mol. The second-order valence-corrected chi connectivity index (χ2v) is 4.02. The Labute approximate surface area is 110 Å². The summed E-state index contributed by atoms with van der Waals surface area (Å²) in [7, 11) is 0. The van der Waals surface area contributed by atoms with Gasteiger partial charge in [0.25, 0.3) is 5.91 Å². The van der Waals surface area contributed by atoms with Crippen LogP contribution in [0.4, 0.5) is 5.82 Å². The van der Waals surface area contributed by atoms with Gasteiger partial charge in [-0.25, -0.2) is 9.97 Å². The van der Waals surface area contributed by atoms with Crippen molar-refractivity contribution in [3.63, 3.8) is 0 Å². The molecule has 0 radical (unpaired) electrons. The third-order valence-corrected chi connectivity index (χ3v) is 2.62. The molecular formula is C12H16N6O. The number of aromatic amines is 1. The highest BCUT2D eigenvalue weighted by atomic mass is 16.1. The zero-order chi connectivity index (χ0) is 13.7. The summed E-state index contributed by atoms with van der Waals surface area (Å²) in [5.74, 6) is 0.404. The summed E-state index contributed by atoms with van der Waals surface area (Å²) >= 11 is 0. The van der Waals surface area contributed by atoms with Gasteiger partial charge >= 0.3 is 0 Å². The number of anilines is 1. The molecule has 0 aliphatic heterocycles. The Balaban J connectivity index is 1.94. The molecule has 7 heteroatoms. The quantitative estimate of drug-likeness (QED) is 0.741. The highest BCUT2D eigenvalue weighted by molar-refractivity contribution is 5.91. The van der Waals surface area contributed by atoms with Crippen molar-refractivity contribution >= 4 is 11.7 Å². The Morgan fingerprint density at radius 1 is 1.32 bits per heavy atom. The molecule has 2 heterocycles. The summed E-state index contributed by atoms with van der Waals surface area (Å²) in [4.78, 5) is 20.0. The minimum absolute atomic E-state index is 0.254. The zero-order valence-corrected chi connectivity index (χ0v) is 10.9. The summed E-state index contributed by atoms with van der Waals surface area (Å²) < 4.78 is 0. The fraction of sp³-hybridized carbons (Fsp3) is 0.333. The molecule has 1 amide bonds. The molecule has 7 nitrogen and oxygen atoms in total. The second kappa shape index (κ2) is 5.94. The first kappa shape index (κ1) is 13.0. The van der Waals surface area contributed by atoms with E-state index in [2.05, 4.69) is 30.8 Å². The van der Waals surface area contributed by atoms with Crippen LogP contribution in [0.5, 0.6) is 0 Å². The maximum absolute atomic E-state index is 11.9. The van der Waals surface area contributed by atoms with Crippen LogP contribution in [-0.2, 0) is 6.54 Å². The maximum atomic E-state index is 11.9. The molecule has 0 spiro atoms. The summed E-state index contributed by atoms with van der Waals surface area (Å²) in [5.41, 5.74) is 2.18. The third kappa shape index (κ3) is 3.27. The molecule has 0 unspecified atom stereocenters. The predicted octanol–water partition coefficient (Wildman–Crippen LogP) is 0.870. The van der Waals surface area contributed by atoms with E-state index in [0.717, 1.165) is 17.8 Å². The number of amides is 1. The molecule has 2 rings (SSSR count). The smallest absolute Gasteiger partial charge is 0.271 e. The Hall–Kier alpha value is -2.44. The van der Waals surface area contributed by atoms with Crippen LogP contribution >= 0.6 is 0 Å². The largest absolute Gasteiger partial charge is 0.369 e. The van der Waals surface area contributed by atoms with E-state index in [1.165, 1.54) is 6.20 Å². The molecule has 0 saturated carbocycles. The zero-order valence-electron chi connectivity index (χ0n) is 10.9. The second-order valence-electron chi connectivity index (χ2n) is 4.02. The molecule has 2 aromatic rings. The molecule has 0 aromatic carbocycles. The van der Waals surface area contributed by atoms with Crippen LogP contribution in [0.25, 0.3) is 0 Å². The molecule has 0 fully saturated rings. The number of aryl methyl sites for hydroxylation is 1. The van der Waals surface area contributed by atoms with Gasteiger partial charge in [0.05, 0.1) is 18.6 Å². The fourth-order valence-electron chi connectivity index (χ4n) is 1.54. The van der Waals surface area contributed by atoms with E-state index in [9.17, 15) is 4.79 Å². The number of aromatic nitrogens is 4. The standard InChI is InChI=1S/C12H16N6O/c1-3-13-11-7-14-10(6-15-11)12(19)16-4-9-5-17-18-8(9)2/h5-7H,3-4H2,1-2H3,(H,13,15)(H,16,19)(H,17,18). The molecule has 0 aliphatic rings. The highest BCUT2D eigenvalue weighted by Crippen LogP contribution is 2.03. The molecule has 0 bridgehead atoms. The normalized spacial score (nSPS) is 10.2. The number of carbonyl (C=O) groups excluding carboxylic acids is 1.